The molecule has 1 atom stereocenters. The highest BCUT2D eigenvalue weighted by Gasteiger charge is 2.43. The third-order valence-corrected chi connectivity index (χ3v) is 5.94. The van der Waals surface area contributed by atoms with Gasteiger partial charge in [-0.25, -0.2) is 0 Å². The smallest absolute Gasteiger partial charge is 0.161 e. The second-order valence-electron chi connectivity index (χ2n) is 8.16. The zero-order valence-corrected chi connectivity index (χ0v) is 17.7. The first-order chi connectivity index (χ1) is 14.7. The summed E-state index contributed by atoms with van der Waals surface area (Å²) in [5.41, 5.74) is 2.61. The van der Waals surface area contributed by atoms with Gasteiger partial charge in [-0.1, -0.05) is 36.4 Å². The highest BCUT2D eigenvalue weighted by molar-refractivity contribution is 5.43. The lowest BCUT2D eigenvalue weighted by Crippen LogP contribution is -2.42. The van der Waals surface area contributed by atoms with Gasteiger partial charge in [0.15, 0.2) is 11.5 Å². The Hall–Kier alpha value is -2.12. The van der Waals surface area contributed by atoms with Crippen LogP contribution in [0.5, 0.6) is 11.5 Å². The number of ether oxygens (including phenoxy) is 3. The molecule has 1 aliphatic carbocycles. The topological polar surface area (TPSA) is 63.2 Å². The van der Waals surface area contributed by atoms with Gasteiger partial charge in [0.1, 0.15) is 12.7 Å². The number of methoxy groups -OCH3 is 1. The first-order valence-electron chi connectivity index (χ1n) is 10.8. The first-order valence-corrected chi connectivity index (χ1v) is 10.8. The molecule has 2 N–H and O–H groups in total. The Morgan fingerprint density at radius 3 is 2.57 bits per heavy atom. The number of β-amino-alcohol motifs (C(OH)–C–C–N with tert-alkyl or cyclic N) is 1. The third kappa shape index (κ3) is 5.32. The van der Waals surface area contributed by atoms with Gasteiger partial charge in [-0.15, -0.1) is 0 Å². The molecule has 2 aromatic carbocycles. The van der Waals surface area contributed by atoms with E-state index < -0.39 is 6.10 Å². The fraction of sp³-hybridized carbons (Fsp3) is 0.500. The van der Waals surface area contributed by atoms with E-state index >= 15 is 0 Å². The van der Waals surface area contributed by atoms with Crippen LogP contribution in [-0.4, -0.2) is 62.7 Å². The van der Waals surface area contributed by atoms with Crippen molar-refractivity contribution in [1.29, 1.82) is 0 Å². The zero-order chi connectivity index (χ0) is 20.8. The molecule has 2 aliphatic rings. The van der Waals surface area contributed by atoms with Gasteiger partial charge < -0.3 is 24.6 Å². The van der Waals surface area contributed by atoms with E-state index in [1.54, 1.807) is 7.11 Å². The number of benzene rings is 2. The lowest BCUT2D eigenvalue weighted by Gasteiger charge is -2.28. The molecule has 0 radical (unpaired) electrons. The molecule has 0 aromatic heterocycles. The molecule has 1 unspecified atom stereocenters. The summed E-state index contributed by atoms with van der Waals surface area (Å²) in [4.78, 5) is 2.20. The van der Waals surface area contributed by atoms with Crippen LogP contribution in [0.3, 0.4) is 0 Å². The van der Waals surface area contributed by atoms with Crippen molar-refractivity contribution < 1.29 is 19.3 Å². The second-order valence-corrected chi connectivity index (χ2v) is 8.16. The molecule has 162 valence electrons. The third-order valence-electron chi connectivity index (χ3n) is 5.94. The van der Waals surface area contributed by atoms with Gasteiger partial charge in [-0.2, -0.15) is 0 Å². The lowest BCUT2D eigenvalue weighted by atomic mass is 10.0. The van der Waals surface area contributed by atoms with E-state index in [9.17, 15) is 5.11 Å². The monoisotopic (exact) mass is 412 g/mol. The van der Waals surface area contributed by atoms with E-state index in [4.69, 9.17) is 14.2 Å². The van der Waals surface area contributed by atoms with Crippen LogP contribution in [0.2, 0.25) is 0 Å². The van der Waals surface area contributed by atoms with E-state index in [1.165, 1.54) is 5.56 Å². The zero-order valence-electron chi connectivity index (χ0n) is 17.7. The molecule has 1 saturated heterocycles. The number of nitrogens with zero attached hydrogens (tertiary/aromatic N) is 1. The number of aliphatic hydroxyl groups excluding tert-OH is 1. The van der Waals surface area contributed by atoms with Crippen molar-refractivity contribution in [2.45, 2.75) is 31.0 Å². The van der Waals surface area contributed by atoms with Gasteiger partial charge in [0.05, 0.1) is 20.3 Å². The molecule has 0 spiro atoms. The van der Waals surface area contributed by atoms with Gasteiger partial charge in [0.2, 0.25) is 0 Å². The molecule has 6 heteroatoms. The van der Waals surface area contributed by atoms with Gasteiger partial charge in [0, 0.05) is 31.7 Å². The van der Waals surface area contributed by atoms with Crippen LogP contribution in [0.1, 0.15) is 24.0 Å². The minimum Gasteiger partial charge on any atom is -0.493 e. The summed E-state index contributed by atoms with van der Waals surface area (Å²) >= 11 is 0. The predicted octanol–water partition coefficient (Wildman–Crippen LogP) is 2.55. The molecule has 1 heterocycles. The average Bonchev–Trinajstić information content (AvgIpc) is 3.59. The fourth-order valence-electron chi connectivity index (χ4n) is 3.98. The van der Waals surface area contributed by atoms with Crippen LogP contribution in [0.15, 0.2) is 48.5 Å². The Morgan fingerprint density at radius 2 is 1.87 bits per heavy atom. The van der Waals surface area contributed by atoms with Crippen LogP contribution in [0.4, 0.5) is 0 Å². The summed E-state index contributed by atoms with van der Waals surface area (Å²) in [7, 11) is 1.65. The summed E-state index contributed by atoms with van der Waals surface area (Å²) in [6.07, 6.45) is 1.78. The average molecular weight is 413 g/mol. The molecular weight excluding hydrogens is 380 g/mol. The first kappa shape index (κ1) is 21.1. The van der Waals surface area contributed by atoms with Crippen molar-refractivity contribution in [2.75, 3.05) is 46.6 Å². The number of nitrogens with one attached hydrogen (secondary N) is 1. The quantitative estimate of drug-likeness (QED) is 0.625. The molecule has 4 rings (SSSR count). The number of morpholine rings is 1. The summed E-state index contributed by atoms with van der Waals surface area (Å²) in [6.45, 7) is 4.76. The summed E-state index contributed by atoms with van der Waals surface area (Å²) in [6, 6.07) is 16.6. The fourth-order valence-corrected chi connectivity index (χ4v) is 3.98. The Kier molecular flexibility index (Phi) is 6.89. The van der Waals surface area contributed by atoms with E-state index in [-0.39, 0.29) is 12.1 Å². The lowest BCUT2D eigenvalue weighted by molar-refractivity contribution is 0.00445. The minimum atomic E-state index is -0.547. The van der Waals surface area contributed by atoms with Crippen LogP contribution in [-0.2, 0) is 16.8 Å². The molecule has 30 heavy (non-hydrogen) atoms. The van der Waals surface area contributed by atoms with Crippen LogP contribution in [0.25, 0.3) is 0 Å². The molecule has 1 saturated carbocycles. The van der Waals surface area contributed by atoms with Crippen molar-refractivity contribution in [1.82, 2.24) is 10.2 Å². The SMILES string of the molecule is COc1cc(CNC2(c3ccccc3)CC2)ccc1OCC(O)CN1CCOCC1. The minimum absolute atomic E-state index is 0.104. The number of aliphatic hydroxyl groups is 1. The summed E-state index contributed by atoms with van der Waals surface area (Å²) in [5, 5.41) is 14.0. The van der Waals surface area contributed by atoms with E-state index in [0.717, 1.165) is 51.3 Å². The van der Waals surface area contributed by atoms with Crippen molar-refractivity contribution in [2.24, 2.45) is 0 Å². The van der Waals surface area contributed by atoms with Crippen LogP contribution < -0.4 is 14.8 Å². The largest absolute Gasteiger partial charge is 0.493 e. The second kappa shape index (κ2) is 9.79. The molecule has 6 nitrogen and oxygen atoms in total. The van der Waals surface area contributed by atoms with Crippen molar-refractivity contribution in [3.63, 3.8) is 0 Å². The van der Waals surface area contributed by atoms with E-state index in [0.29, 0.717) is 18.0 Å². The molecule has 2 fully saturated rings. The Bertz CT molecular complexity index is 804. The molecule has 0 amide bonds. The molecule has 0 bridgehead atoms. The normalized spacial score (nSPS) is 19.3. The number of hydrogen-bond acceptors (Lipinski definition) is 6. The highest BCUT2D eigenvalue weighted by atomic mass is 16.5. The molecule has 1 aliphatic heterocycles. The summed E-state index contributed by atoms with van der Waals surface area (Å²) in [5.74, 6) is 1.35. The Morgan fingerprint density at radius 1 is 1.10 bits per heavy atom. The van der Waals surface area contributed by atoms with Gasteiger partial charge in [-0.3, -0.25) is 4.90 Å². The Balaban J connectivity index is 1.30. The highest BCUT2D eigenvalue weighted by Crippen LogP contribution is 2.45. The van der Waals surface area contributed by atoms with E-state index in [2.05, 4.69) is 46.6 Å². The van der Waals surface area contributed by atoms with Gasteiger partial charge in [-0.05, 0) is 36.1 Å². The maximum absolute atomic E-state index is 10.3. The molecule has 2 aromatic rings. The van der Waals surface area contributed by atoms with Crippen molar-refractivity contribution >= 4 is 0 Å². The van der Waals surface area contributed by atoms with Crippen molar-refractivity contribution in [3.8, 4) is 11.5 Å². The Labute approximate surface area is 178 Å². The maximum atomic E-state index is 10.3. The van der Waals surface area contributed by atoms with Gasteiger partial charge in [0.25, 0.3) is 0 Å². The van der Waals surface area contributed by atoms with Crippen molar-refractivity contribution in [3.05, 3.63) is 59.7 Å². The van der Waals surface area contributed by atoms with Crippen LogP contribution in [0, 0.1) is 0 Å². The molecular formula is C24H32N2O4. The van der Waals surface area contributed by atoms with Crippen LogP contribution >= 0.6 is 0 Å². The standard InChI is InChI=1S/C24H32N2O4/c1-28-23-15-19(16-25-24(9-10-24)20-5-3-2-4-6-20)7-8-22(23)30-18-21(27)17-26-11-13-29-14-12-26/h2-8,15,21,25,27H,9-14,16-18H2,1H3. The maximum Gasteiger partial charge on any atom is 0.161 e. The van der Waals surface area contributed by atoms with E-state index in [1.807, 2.05) is 12.1 Å². The van der Waals surface area contributed by atoms with Gasteiger partial charge >= 0.3 is 0 Å². The summed E-state index contributed by atoms with van der Waals surface area (Å²) < 4.78 is 16.7. The number of hydrogen-bond donors (Lipinski definition) is 2. The number of rotatable bonds is 10. The predicted molar refractivity (Wildman–Crippen MR) is 116 cm³/mol.